The van der Waals surface area contributed by atoms with Gasteiger partial charge in [-0.3, -0.25) is 14.5 Å². The second kappa shape index (κ2) is 7.16. The standard InChI is InChI=1S/C21H24N2O2S/c1-14-7-5-6-8-17(14)23-18(24)13-26-19(23)15-9-11-16(12-10-15)22-20(25)21(2,3)4/h5-12,19H,13H2,1-4H3,(H,22,25). The van der Waals surface area contributed by atoms with Crippen molar-refractivity contribution in [2.75, 3.05) is 16.0 Å². The first-order valence-electron chi connectivity index (χ1n) is 8.68. The van der Waals surface area contributed by atoms with Crippen LogP contribution < -0.4 is 10.2 Å². The Hall–Kier alpha value is -2.27. The molecule has 0 aliphatic carbocycles. The Kier molecular flexibility index (Phi) is 5.10. The highest BCUT2D eigenvalue weighted by Crippen LogP contribution is 2.42. The summed E-state index contributed by atoms with van der Waals surface area (Å²) >= 11 is 1.63. The van der Waals surface area contributed by atoms with Gasteiger partial charge in [-0.05, 0) is 36.2 Å². The number of thioether (sulfide) groups is 1. The predicted molar refractivity (Wildman–Crippen MR) is 108 cm³/mol. The molecular weight excluding hydrogens is 344 g/mol. The summed E-state index contributed by atoms with van der Waals surface area (Å²) in [5, 5.41) is 2.89. The summed E-state index contributed by atoms with van der Waals surface area (Å²) in [5.74, 6) is 0.582. The molecular formula is C21H24N2O2S. The molecule has 1 heterocycles. The summed E-state index contributed by atoms with van der Waals surface area (Å²) < 4.78 is 0. The molecule has 2 amide bonds. The van der Waals surface area contributed by atoms with Crippen molar-refractivity contribution in [1.29, 1.82) is 0 Å². The number of hydrogen-bond donors (Lipinski definition) is 1. The van der Waals surface area contributed by atoms with Gasteiger partial charge >= 0.3 is 0 Å². The number of nitrogens with zero attached hydrogens (tertiary/aromatic N) is 1. The van der Waals surface area contributed by atoms with E-state index in [4.69, 9.17) is 0 Å². The van der Waals surface area contributed by atoms with E-state index in [1.807, 2.05) is 81.1 Å². The van der Waals surface area contributed by atoms with Gasteiger partial charge in [0, 0.05) is 16.8 Å². The van der Waals surface area contributed by atoms with Crippen molar-refractivity contribution in [3.8, 4) is 0 Å². The first-order chi connectivity index (χ1) is 12.3. The van der Waals surface area contributed by atoms with Gasteiger partial charge in [0.25, 0.3) is 0 Å². The molecule has 2 aromatic carbocycles. The van der Waals surface area contributed by atoms with Gasteiger partial charge in [0.2, 0.25) is 11.8 Å². The molecule has 0 aromatic heterocycles. The van der Waals surface area contributed by atoms with Crippen molar-refractivity contribution in [2.45, 2.75) is 33.1 Å². The van der Waals surface area contributed by atoms with E-state index in [1.54, 1.807) is 11.8 Å². The lowest BCUT2D eigenvalue weighted by atomic mass is 9.95. The van der Waals surface area contributed by atoms with E-state index in [0.29, 0.717) is 5.75 Å². The molecule has 1 unspecified atom stereocenters. The zero-order chi connectivity index (χ0) is 18.9. The minimum absolute atomic E-state index is 0.0165. The third kappa shape index (κ3) is 3.78. The minimum Gasteiger partial charge on any atom is -0.326 e. The average molecular weight is 369 g/mol. The Morgan fingerprint density at radius 1 is 1.12 bits per heavy atom. The van der Waals surface area contributed by atoms with Crippen LogP contribution in [0.2, 0.25) is 0 Å². The molecule has 0 saturated carbocycles. The molecule has 1 saturated heterocycles. The first-order valence-corrected chi connectivity index (χ1v) is 9.73. The fourth-order valence-electron chi connectivity index (χ4n) is 2.81. The van der Waals surface area contributed by atoms with Crippen molar-refractivity contribution >= 4 is 35.0 Å². The van der Waals surface area contributed by atoms with Crippen molar-refractivity contribution in [1.82, 2.24) is 0 Å². The molecule has 3 rings (SSSR count). The highest BCUT2D eigenvalue weighted by atomic mass is 32.2. The molecule has 0 spiro atoms. The molecule has 5 heteroatoms. The summed E-state index contributed by atoms with van der Waals surface area (Å²) in [6.45, 7) is 7.68. The monoisotopic (exact) mass is 368 g/mol. The van der Waals surface area contributed by atoms with Crippen molar-refractivity contribution < 1.29 is 9.59 Å². The van der Waals surface area contributed by atoms with Crippen LogP contribution in [0.1, 0.15) is 37.3 Å². The number of aryl methyl sites for hydroxylation is 1. The van der Waals surface area contributed by atoms with E-state index >= 15 is 0 Å². The normalized spacial score (nSPS) is 17.5. The first kappa shape index (κ1) is 18.5. The number of para-hydroxylation sites is 1. The number of anilines is 2. The van der Waals surface area contributed by atoms with Crippen LogP contribution in [-0.4, -0.2) is 17.6 Å². The fourth-order valence-corrected chi connectivity index (χ4v) is 3.98. The van der Waals surface area contributed by atoms with E-state index in [2.05, 4.69) is 5.32 Å². The maximum atomic E-state index is 12.5. The number of amides is 2. The maximum absolute atomic E-state index is 12.5. The number of carbonyl (C=O) groups excluding carboxylic acids is 2. The van der Waals surface area contributed by atoms with Crippen LogP contribution in [0.4, 0.5) is 11.4 Å². The molecule has 1 aliphatic rings. The van der Waals surface area contributed by atoms with Gasteiger partial charge in [0.1, 0.15) is 5.37 Å². The Bertz CT molecular complexity index is 825. The highest BCUT2D eigenvalue weighted by molar-refractivity contribution is 8.00. The van der Waals surface area contributed by atoms with Crippen LogP contribution in [0, 0.1) is 12.3 Å². The molecule has 2 aromatic rings. The van der Waals surface area contributed by atoms with Crippen molar-refractivity contribution in [2.24, 2.45) is 5.41 Å². The zero-order valence-electron chi connectivity index (χ0n) is 15.6. The largest absolute Gasteiger partial charge is 0.326 e. The van der Waals surface area contributed by atoms with Gasteiger partial charge in [-0.15, -0.1) is 11.8 Å². The number of nitrogens with one attached hydrogen (secondary N) is 1. The lowest BCUT2D eigenvalue weighted by Crippen LogP contribution is -2.28. The number of benzene rings is 2. The Labute approximate surface area is 159 Å². The van der Waals surface area contributed by atoms with E-state index in [9.17, 15) is 9.59 Å². The second-order valence-corrected chi connectivity index (χ2v) is 8.61. The zero-order valence-corrected chi connectivity index (χ0v) is 16.4. The second-order valence-electron chi connectivity index (χ2n) is 7.54. The topological polar surface area (TPSA) is 49.4 Å². The third-order valence-corrected chi connectivity index (χ3v) is 5.59. The molecule has 26 heavy (non-hydrogen) atoms. The SMILES string of the molecule is Cc1ccccc1N1C(=O)CSC1c1ccc(NC(=O)C(C)(C)C)cc1. The van der Waals surface area contributed by atoms with Crippen LogP contribution in [0.15, 0.2) is 48.5 Å². The van der Waals surface area contributed by atoms with Crippen LogP contribution in [0.3, 0.4) is 0 Å². The van der Waals surface area contributed by atoms with Gasteiger partial charge < -0.3 is 5.32 Å². The fraction of sp³-hybridized carbons (Fsp3) is 0.333. The smallest absolute Gasteiger partial charge is 0.238 e. The maximum Gasteiger partial charge on any atom is 0.238 e. The molecule has 1 fully saturated rings. The summed E-state index contributed by atoms with van der Waals surface area (Å²) in [5.41, 5.74) is 3.43. The van der Waals surface area contributed by atoms with Crippen molar-refractivity contribution in [3.63, 3.8) is 0 Å². The Morgan fingerprint density at radius 3 is 2.38 bits per heavy atom. The molecule has 1 aliphatic heterocycles. The molecule has 1 N–H and O–H groups in total. The van der Waals surface area contributed by atoms with E-state index in [0.717, 1.165) is 22.5 Å². The number of carbonyl (C=O) groups is 2. The summed E-state index contributed by atoms with van der Waals surface area (Å²) in [6.07, 6.45) is 0. The van der Waals surface area contributed by atoms with E-state index < -0.39 is 5.41 Å². The Morgan fingerprint density at radius 2 is 1.77 bits per heavy atom. The van der Waals surface area contributed by atoms with E-state index in [-0.39, 0.29) is 17.2 Å². The number of rotatable bonds is 3. The summed E-state index contributed by atoms with van der Waals surface area (Å²) in [4.78, 5) is 26.5. The quantitative estimate of drug-likeness (QED) is 0.850. The van der Waals surface area contributed by atoms with Gasteiger partial charge in [-0.2, -0.15) is 0 Å². The van der Waals surface area contributed by atoms with Gasteiger partial charge in [-0.25, -0.2) is 0 Å². The van der Waals surface area contributed by atoms with Crippen molar-refractivity contribution in [3.05, 3.63) is 59.7 Å². The van der Waals surface area contributed by atoms with Gasteiger partial charge in [0.15, 0.2) is 0 Å². The average Bonchev–Trinajstić information content (AvgIpc) is 2.96. The summed E-state index contributed by atoms with van der Waals surface area (Å²) in [6, 6.07) is 15.7. The third-order valence-electron chi connectivity index (χ3n) is 4.38. The van der Waals surface area contributed by atoms with Crippen LogP contribution >= 0.6 is 11.8 Å². The lowest BCUT2D eigenvalue weighted by Gasteiger charge is -2.26. The molecule has 0 radical (unpaired) electrons. The van der Waals surface area contributed by atoms with E-state index in [1.165, 1.54) is 0 Å². The highest BCUT2D eigenvalue weighted by Gasteiger charge is 2.34. The van der Waals surface area contributed by atoms with Crippen LogP contribution in [0.5, 0.6) is 0 Å². The minimum atomic E-state index is -0.436. The Balaban J connectivity index is 1.83. The van der Waals surface area contributed by atoms with Gasteiger partial charge in [0.05, 0.1) is 5.75 Å². The van der Waals surface area contributed by atoms with Gasteiger partial charge in [-0.1, -0.05) is 51.1 Å². The molecule has 136 valence electrons. The molecule has 0 bridgehead atoms. The number of hydrogen-bond acceptors (Lipinski definition) is 3. The van der Waals surface area contributed by atoms with Crippen LogP contribution in [0.25, 0.3) is 0 Å². The summed E-state index contributed by atoms with van der Waals surface area (Å²) in [7, 11) is 0. The lowest BCUT2D eigenvalue weighted by molar-refractivity contribution is -0.123. The molecule has 4 nitrogen and oxygen atoms in total. The molecule has 1 atom stereocenters. The van der Waals surface area contributed by atoms with Crippen LogP contribution in [-0.2, 0) is 9.59 Å². The predicted octanol–water partition coefficient (Wildman–Crippen LogP) is 4.76.